The van der Waals surface area contributed by atoms with Gasteiger partial charge in [0.05, 0.1) is 0 Å². The normalized spacial score (nSPS) is 29.0. The van der Waals surface area contributed by atoms with E-state index in [4.69, 9.17) is 0 Å². The average Bonchev–Trinajstić information content (AvgIpc) is 3.31. The molecule has 0 aliphatic carbocycles. The predicted molar refractivity (Wildman–Crippen MR) is 97.5 cm³/mol. The molecular formula is C19H23FN4S. The standard InChI is InChI=1S/C19H23FN4S/c20-15-6-4-13(5-7-15)9-18-21-22-19(25-18)24-11-14-10-23-8-2-1-3-17(23)16(14)12-24/h4-7,14,16-17H,1-3,8-12H2/t14-,16+,17+/m0/s1. The van der Waals surface area contributed by atoms with Gasteiger partial charge < -0.3 is 4.90 Å². The van der Waals surface area contributed by atoms with Crippen molar-refractivity contribution < 1.29 is 4.39 Å². The molecule has 5 rings (SSSR count). The van der Waals surface area contributed by atoms with E-state index in [0.29, 0.717) is 0 Å². The molecule has 1 aromatic heterocycles. The first-order valence-electron chi connectivity index (χ1n) is 9.32. The lowest BCUT2D eigenvalue weighted by Gasteiger charge is -2.33. The molecule has 3 aliphatic heterocycles. The van der Waals surface area contributed by atoms with Crippen LogP contribution in [0, 0.1) is 17.7 Å². The second-order valence-electron chi connectivity index (χ2n) is 7.67. The van der Waals surface area contributed by atoms with Gasteiger partial charge in [0, 0.05) is 32.1 Å². The fourth-order valence-electron chi connectivity index (χ4n) is 4.93. The lowest BCUT2D eigenvalue weighted by molar-refractivity contribution is 0.173. The van der Waals surface area contributed by atoms with Crippen LogP contribution in [0.5, 0.6) is 0 Å². The number of benzene rings is 1. The molecule has 3 atom stereocenters. The molecule has 4 heterocycles. The summed E-state index contributed by atoms with van der Waals surface area (Å²) in [6.45, 7) is 4.84. The Morgan fingerprint density at radius 2 is 1.96 bits per heavy atom. The average molecular weight is 358 g/mol. The number of hydrogen-bond donors (Lipinski definition) is 0. The summed E-state index contributed by atoms with van der Waals surface area (Å²) in [4.78, 5) is 5.18. The highest BCUT2D eigenvalue weighted by Gasteiger charge is 2.47. The number of fused-ring (bicyclic) bond motifs is 3. The second kappa shape index (κ2) is 6.32. The first kappa shape index (κ1) is 15.7. The van der Waals surface area contributed by atoms with Gasteiger partial charge in [-0.25, -0.2) is 4.39 Å². The SMILES string of the molecule is Fc1ccc(Cc2nnc(N3C[C@@H]4CN5CCCC[C@@H]5[C@@H]4C3)s2)cc1. The Hall–Kier alpha value is -1.53. The van der Waals surface area contributed by atoms with Gasteiger partial charge in [0.1, 0.15) is 10.8 Å². The Balaban J connectivity index is 1.26. The Bertz CT molecular complexity index is 746. The van der Waals surface area contributed by atoms with Crippen molar-refractivity contribution in [3.63, 3.8) is 0 Å². The third kappa shape index (κ3) is 2.95. The molecule has 0 bridgehead atoms. The van der Waals surface area contributed by atoms with Gasteiger partial charge in [-0.2, -0.15) is 0 Å². The molecule has 3 fully saturated rings. The van der Waals surface area contributed by atoms with Crippen molar-refractivity contribution in [3.05, 3.63) is 40.7 Å². The van der Waals surface area contributed by atoms with Crippen LogP contribution in [0.15, 0.2) is 24.3 Å². The third-order valence-corrected chi connectivity index (χ3v) is 7.10. The summed E-state index contributed by atoms with van der Waals surface area (Å²) in [5.41, 5.74) is 1.08. The van der Waals surface area contributed by atoms with Gasteiger partial charge in [0.15, 0.2) is 0 Å². The van der Waals surface area contributed by atoms with Crippen LogP contribution in [0.1, 0.15) is 29.8 Å². The molecule has 0 radical (unpaired) electrons. The van der Waals surface area contributed by atoms with Crippen molar-refractivity contribution in [2.24, 2.45) is 11.8 Å². The number of aromatic nitrogens is 2. The highest BCUT2D eigenvalue weighted by molar-refractivity contribution is 7.15. The Labute approximate surface area is 151 Å². The van der Waals surface area contributed by atoms with Crippen LogP contribution < -0.4 is 4.90 Å². The van der Waals surface area contributed by atoms with E-state index in [9.17, 15) is 4.39 Å². The number of piperidine rings is 1. The summed E-state index contributed by atoms with van der Waals surface area (Å²) in [7, 11) is 0. The first-order chi connectivity index (χ1) is 12.3. The molecule has 0 saturated carbocycles. The summed E-state index contributed by atoms with van der Waals surface area (Å²) in [6.07, 6.45) is 4.88. The van der Waals surface area contributed by atoms with Crippen molar-refractivity contribution in [2.75, 3.05) is 31.1 Å². The molecule has 0 amide bonds. The summed E-state index contributed by atoms with van der Waals surface area (Å²) >= 11 is 1.69. The summed E-state index contributed by atoms with van der Waals surface area (Å²) in [6, 6.07) is 7.47. The maximum atomic E-state index is 13.0. The number of rotatable bonds is 3. The lowest BCUT2D eigenvalue weighted by atomic mass is 9.90. The maximum absolute atomic E-state index is 13.0. The summed E-state index contributed by atoms with van der Waals surface area (Å²) in [5.74, 6) is 1.42. The van der Waals surface area contributed by atoms with Crippen molar-refractivity contribution in [1.82, 2.24) is 15.1 Å². The fourth-order valence-corrected chi connectivity index (χ4v) is 5.82. The highest BCUT2D eigenvalue weighted by atomic mass is 32.1. The van der Waals surface area contributed by atoms with E-state index in [1.165, 1.54) is 44.5 Å². The van der Waals surface area contributed by atoms with Crippen molar-refractivity contribution in [3.8, 4) is 0 Å². The van der Waals surface area contributed by atoms with Crippen LogP contribution in [-0.4, -0.2) is 47.3 Å². The van der Waals surface area contributed by atoms with E-state index in [1.54, 1.807) is 11.3 Å². The van der Waals surface area contributed by atoms with E-state index >= 15 is 0 Å². The van der Waals surface area contributed by atoms with Crippen LogP contribution in [0.2, 0.25) is 0 Å². The zero-order valence-corrected chi connectivity index (χ0v) is 15.1. The van der Waals surface area contributed by atoms with Gasteiger partial charge in [-0.3, -0.25) is 4.90 Å². The number of nitrogens with zero attached hydrogens (tertiary/aromatic N) is 4. The summed E-state index contributed by atoms with van der Waals surface area (Å²) < 4.78 is 13.0. The minimum absolute atomic E-state index is 0.193. The predicted octanol–water partition coefficient (Wildman–Crippen LogP) is 3.19. The molecule has 6 heteroatoms. The quantitative estimate of drug-likeness (QED) is 0.843. The largest absolute Gasteiger partial charge is 0.346 e. The van der Waals surface area contributed by atoms with Crippen LogP contribution in [0.3, 0.4) is 0 Å². The van der Waals surface area contributed by atoms with Crippen molar-refractivity contribution in [2.45, 2.75) is 31.7 Å². The topological polar surface area (TPSA) is 32.3 Å². The smallest absolute Gasteiger partial charge is 0.208 e. The van der Waals surface area contributed by atoms with E-state index < -0.39 is 0 Å². The molecule has 25 heavy (non-hydrogen) atoms. The third-order valence-electron chi connectivity index (χ3n) is 6.11. The van der Waals surface area contributed by atoms with Crippen LogP contribution in [-0.2, 0) is 6.42 Å². The Morgan fingerprint density at radius 3 is 2.84 bits per heavy atom. The van der Waals surface area contributed by atoms with Crippen LogP contribution in [0.25, 0.3) is 0 Å². The minimum Gasteiger partial charge on any atom is -0.346 e. The van der Waals surface area contributed by atoms with E-state index in [1.807, 2.05) is 12.1 Å². The molecule has 0 N–H and O–H groups in total. The molecule has 1 aromatic carbocycles. The van der Waals surface area contributed by atoms with Gasteiger partial charge in [0.25, 0.3) is 0 Å². The van der Waals surface area contributed by atoms with Crippen LogP contribution >= 0.6 is 11.3 Å². The first-order valence-corrected chi connectivity index (χ1v) is 10.1. The Kier molecular flexibility index (Phi) is 3.97. The van der Waals surface area contributed by atoms with Crippen molar-refractivity contribution in [1.29, 1.82) is 0 Å². The van der Waals surface area contributed by atoms with E-state index in [0.717, 1.165) is 53.1 Å². The second-order valence-corrected chi connectivity index (χ2v) is 8.71. The number of halogens is 1. The van der Waals surface area contributed by atoms with Gasteiger partial charge in [0.2, 0.25) is 5.13 Å². The monoisotopic (exact) mass is 358 g/mol. The molecule has 4 nitrogen and oxygen atoms in total. The zero-order chi connectivity index (χ0) is 16.8. The molecule has 2 aromatic rings. The molecular weight excluding hydrogens is 335 g/mol. The van der Waals surface area contributed by atoms with Crippen LogP contribution in [0.4, 0.5) is 9.52 Å². The van der Waals surface area contributed by atoms with Gasteiger partial charge in [-0.1, -0.05) is 29.9 Å². The molecule has 132 valence electrons. The van der Waals surface area contributed by atoms with Crippen molar-refractivity contribution >= 4 is 16.5 Å². The summed E-state index contributed by atoms with van der Waals surface area (Å²) in [5, 5.41) is 10.9. The maximum Gasteiger partial charge on any atom is 0.208 e. The number of hydrogen-bond acceptors (Lipinski definition) is 5. The minimum atomic E-state index is -0.193. The molecule has 0 unspecified atom stereocenters. The van der Waals surface area contributed by atoms with E-state index in [-0.39, 0.29) is 5.82 Å². The number of anilines is 1. The van der Waals surface area contributed by atoms with Gasteiger partial charge in [-0.15, -0.1) is 10.2 Å². The lowest BCUT2D eigenvalue weighted by Crippen LogP contribution is -2.39. The van der Waals surface area contributed by atoms with Gasteiger partial charge in [-0.05, 0) is 48.9 Å². The fraction of sp³-hybridized carbons (Fsp3) is 0.579. The van der Waals surface area contributed by atoms with E-state index in [2.05, 4.69) is 20.0 Å². The molecule has 3 saturated heterocycles. The molecule has 3 aliphatic rings. The molecule has 0 spiro atoms. The van der Waals surface area contributed by atoms with Gasteiger partial charge >= 0.3 is 0 Å². The zero-order valence-electron chi connectivity index (χ0n) is 14.3. The Morgan fingerprint density at radius 1 is 1.08 bits per heavy atom. The highest BCUT2D eigenvalue weighted by Crippen LogP contribution is 2.42.